The van der Waals surface area contributed by atoms with Crippen LogP contribution < -0.4 is 5.32 Å². The Labute approximate surface area is 125 Å². The van der Waals surface area contributed by atoms with Crippen molar-refractivity contribution in [3.8, 4) is 0 Å². The molecule has 0 saturated carbocycles. The van der Waals surface area contributed by atoms with E-state index < -0.39 is 0 Å². The summed E-state index contributed by atoms with van der Waals surface area (Å²) < 4.78 is 2.34. The molecule has 1 N–H and O–H groups in total. The molecule has 2 aromatic carbocycles. The topological polar surface area (TPSA) is 29.9 Å². The fourth-order valence-electron chi connectivity index (χ4n) is 2.83. The molecule has 1 unspecified atom stereocenters. The van der Waals surface area contributed by atoms with Crippen LogP contribution >= 0.6 is 0 Å². The van der Waals surface area contributed by atoms with E-state index in [-0.39, 0.29) is 6.04 Å². The number of likely N-dealkylation sites (N-methyl/N-ethyl adjacent to an activating group) is 1. The minimum atomic E-state index is 0.286. The summed E-state index contributed by atoms with van der Waals surface area (Å²) in [4.78, 5) is 4.75. The maximum absolute atomic E-state index is 4.75. The summed E-state index contributed by atoms with van der Waals surface area (Å²) in [5, 5.41) is 3.42. The van der Waals surface area contributed by atoms with Crippen molar-refractivity contribution in [2.24, 2.45) is 0 Å². The van der Waals surface area contributed by atoms with Gasteiger partial charge in [0.15, 0.2) is 0 Å². The van der Waals surface area contributed by atoms with Crippen molar-refractivity contribution >= 4 is 11.0 Å². The van der Waals surface area contributed by atoms with Crippen LogP contribution in [0.3, 0.4) is 0 Å². The average Bonchev–Trinajstić information content (AvgIpc) is 2.91. The maximum Gasteiger partial charge on any atom is 0.109 e. The third-order valence-corrected chi connectivity index (χ3v) is 3.97. The van der Waals surface area contributed by atoms with Crippen LogP contribution in [-0.2, 0) is 13.0 Å². The highest BCUT2D eigenvalue weighted by Crippen LogP contribution is 2.21. The predicted octanol–water partition coefficient (Wildman–Crippen LogP) is 3.56. The first-order chi connectivity index (χ1) is 10.3. The van der Waals surface area contributed by atoms with Gasteiger partial charge in [-0.05, 0) is 24.7 Å². The Bertz CT molecular complexity index is 716. The molecule has 3 aromatic rings. The molecule has 108 valence electrons. The maximum atomic E-state index is 4.75. The van der Waals surface area contributed by atoms with Crippen LogP contribution in [0.25, 0.3) is 11.0 Å². The Morgan fingerprint density at radius 2 is 1.76 bits per heavy atom. The van der Waals surface area contributed by atoms with Crippen LogP contribution in [0, 0.1) is 0 Å². The van der Waals surface area contributed by atoms with E-state index in [1.807, 2.05) is 13.1 Å². The molecule has 0 amide bonds. The Morgan fingerprint density at radius 3 is 2.48 bits per heavy atom. The van der Waals surface area contributed by atoms with Gasteiger partial charge in [0.25, 0.3) is 0 Å². The van der Waals surface area contributed by atoms with Crippen LogP contribution in [0.2, 0.25) is 0 Å². The number of imidazole rings is 1. The van der Waals surface area contributed by atoms with Crippen molar-refractivity contribution < 1.29 is 0 Å². The van der Waals surface area contributed by atoms with E-state index in [1.54, 1.807) is 0 Å². The summed E-state index contributed by atoms with van der Waals surface area (Å²) in [7, 11) is 2.02. The van der Waals surface area contributed by atoms with Gasteiger partial charge in [-0.3, -0.25) is 0 Å². The first kappa shape index (κ1) is 13.8. The second kappa shape index (κ2) is 6.10. The second-order valence-electron chi connectivity index (χ2n) is 5.23. The van der Waals surface area contributed by atoms with E-state index in [0.29, 0.717) is 0 Å². The molecule has 3 rings (SSSR count). The number of nitrogens with one attached hydrogen (secondary N) is 1. The van der Waals surface area contributed by atoms with Gasteiger partial charge >= 0.3 is 0 Å². The fraction of sp³-hybridized carbons (Fsp3) is 0.278. The van der Waals surface area contributed by atoms with Crippen LogP contribution in [0.4, 0.5) is 0 Å². The molecule has 0 spiro atoms. The van der Waals surface area contributed by atoms with Crippen molar-refractivity contribution in [1.82, 2.24) is 14.9 Å². The van der Waals surface area contributed by atoms with E-state index in [2.05, 4.69) is 65.3 Å². The van der Waals surface area contributed by atoms with E-state index in [9.17, 15) is 0 Å². The van der Waals surface area contributed by atoms with Gasteiger partial charge in [0.05, 0.1) is 17.1 Å². The molecule has 0 bridgehead atoms. The number of hydrogen-bond donors (Lipinski definition) is 1. The van der Waals surface area contributed by atoms with Crippen molar-refractivity contribution in [3.63, 3.8) is 0 Å². The summed E-state index contributed by atoms with van der Waals surface area (Å²) in [6.07, 6.45) is 0.944. The van der Waals surface area contributed by atoms with Crippen LogP contribution in [0.15, 0.2) is 54.6 Å². The van der Waals surface area contributed by atoms with Gasteiger partial charge < -0.3 is 9.88 Å². The number of nitrogens with zero attached hydrogens (tertiary/aromatic N) is 2. The van der Waals surface area contributed by atoms with Gasteiger partial charge in [0, 0.05) is 13.0 Å². The zero-order valence-corrected chi connectivity index (χ0v) is 12.6. The van der Waals surface area contributed by atoms with Gasteiger partial charge in [-0.1, -0.05) is 49.4 Å². The van der Waals surface area contributed by atoms with E-state index >= 15 is 0 Å². The molecule has 1 aromatic heterocycles. The number of benzene rings is 2. The first-order valence-electron chi connectivity index (χ1n) is 7.49. The Morgan fingerprint density at radius 1 is 1.05 bits per heavy atom. The lowest BCUT2D eigenvalue weighted by atomic mass is 10.1. The molecule has 0 aliphatic heterocycles. The third-order valence-electron chi connectivity index (χ3n) is 3.97. The SMILES string of the molecule is CCc1nc2ccccc2n1CC(NC)c1ccccc1. The minimum Gasteiger partial charge on any atom is -0.326 e. The highest BCUT2D eigenvalue weighted by molar-refractivity contribution is 5.75. The molecule has 3 nitrogen and oxygen atoms in total. The monoisotopic (exact) mass is 279 g/mol. The lowest BCUT2D eigenvalue weighted by Crippen LogP contribution is -2.22. The molecular formula is C18H21N3. The van der Waals surface area contributed by atoms with Gasteiger partial charge in [0.1, 0.15) is 5.82 Å². The van der Waals surface area contributed by atoms with Crippen molar-refractivity contribution in [2.75, 3.05) is 7.05 Å². The van der Waals surface area contributed by atoms with Crippen molar-refractivity contribution in [3.05, 3.63) is 66.0 Å². The number of fused-ring (bicyclic) bond motifs is 1. The largest absolute Gasteiger partial charge is 0.326 e. The van der Waals surface area contributed by atoms with Gasteiger partial charge in [-0.25, -0.2) is 4.98 Å². The Kier molecular flexibility index (Phi) is 4.02. The molecule has 3 heteroatoms. The summed E-state index contributed by atoms with van der Waals surface area (Å²) in [5.74, 6) is 1.15. The Hall–Kier alpha value is -2.13. The first-order valence-corrected chi connectivity index (χ1v) is 7.49. The normalized spacial score (nSPS) is 12.7. The molecule has 21 heavy (non-hydrogen) atoms. The molecule has 0 fully saturated rings. The van der Waals surface area contributed by atoms with E-state index in [0.717, 1.165) is 24.3 Å². The van der Waals surface area contributed by atoms with Crippen LogP contribution in [0.1, 0.15) is 24.4 Å². The van der Waals surface area contributed by atoms with Gasteiger partial charge in [0.2, 0.25) is 0 Å². The average molecular weight is 279 g/mol. The molecule has 0 saturated heterocycles. The summed E-state index contributed by atoms with van der Waals surface area (Å²) in [5.41, 5.74) is 3.60. The lowest BCUT2D eigenvalue weighted by molar-refractivity contribution is 0.497. The van der Waals surface area contributed by atoms with Gasteiger partial charge in [-0.15, -0.1) is 0 Å². The quantitative estimate of drug-likeness (QED) is 0.774. The number of para-hydroxylation sites is 2. The molecule has 1 atom stereocenters. The molecule has 0 radical (unpaired) electrons. The van der Waals surface area contributed by atoms with Crippen molar-refractivity contribution in [1.29, 1.82) is 0 Å². The zero-order chi connectivity index (χ0) is 14.7. The fourth-order valence-corrected chi connectivity index (χ4v) is 2.83. The standard InChI is InChI=1S/C18H21N3/c1-3-18-20-15-11-7-8-12-17(15)21(18)13-16(19-2)14-9-5-4-6-10-14/h4-12,16,19H,3,13H2,1-2H3. The molecular weight excluding hydrogens is 258 g/mol. The summed E-state index contributed by atoms with van der Waals surface area (Å²) >= 11 is 0. The summed E-state index contributed by atoms with van der Waals surface area (Å²) in [6, 6.07) is 19.2. The van der Waals surface area contributed by atoms with E-state index in [4.69, 9.17) is 4.98 Å². The molecule has 1 heterocycles. The number of aryl methyl sites for hydroxylation is 1. The minimum absolute atomic E-state index is 0.286. The zero-order valence-electron chi connectivity index (χ0n) is 12.6. The van der Waals surface area contributed by atoms with Crippen LogP contribution in [0.5, 0.6) is 0 Å². The third kappa shape index (κ3) is 2.69. The smallest absolute Gasteiger partial charge is 0.109 e. The lowest BCUT2D eigenvalue weighted by Gasteiger charge is -2.19. The number of aromatic nitrogens is 2. The highest BCUT2D eigenvalue weighted by Gasteiger charge is 2.14. The predicted molar refractivity (Wildman–Crippen MR) is 87.4 cm³/mol. The molecule has 0 aliphatic carbocycles. The van der Waals surface area contributed by atoms with Gasteiger partial charge in [-0.2, -0.15) is 0 Å². The van der Waals surface area contributed by atoms with Crippen molar-refractivity contribution in [2.45, 2.75) is 25.9 Å². The number of rotatable bonds is 5. The number of hydrogen-bond acceptors (Lipinski definition) is 2. The molecule has 0 aliphatic rings. The van der Waals surface area contributed by atoms with E-state index in [1.165, 1.54) is 11.1 Å². The highest BCUT2D eigenvalue weighted by atomic mass is 15.1. The summed E-state index contributed by atoms with van der Waals surface area (Å²) in [6.45, 7) is 3.05. The van der Waals surface area contributed by atoms with Crippen LogP contribution in [-0.4, -0.2) is 16.6 Å². The Balaban J connectivity index is 2.00. The second-order valence-corrected chi connectivity index (χ2v) is 5.23.